The van der Waals surface area contributed by atoms with E-state index in [0.717, 1.165) is 11.1 Å². The Labute approximate surface area is 186 Å². The number of likely N-dealkylation sites (N-methyl/N-ethyl adjacent to an activating group) is 2. The maximum absolute atomic E-state index is 13.1. The number of rotatable bonds is 5. The molecule has 8 heteroatoms. The molecule has 1 aliphatic heterocycles. The molecule has 2 amide bonds. The Bertz CT molecular complexity index is 1070. The number of nitrogens with zero attached hydrogens (tertiary/aromatic N) is 3. The molecule has 2 aromatic rings. The summed E-state index contributed by atoms with van der Waals surface area (Å²) in [4.78, 5) is 30.7. The number of hydrogen-bond donors (Lipinski definition) is 2. The Kier molecular flexibility index (Phi) is 6.57. The molecule has 164 valence electrons. The van der Waals surface area contributed by atoms with E-state index in [1.807, 2.05) is 25.1 Å². The molecule has 2 aromatic carbocycles. The van der Waals surface area contributed by atoms with E-state index in [9.17, 15) is 19.8 Å². The maximum atomic E-state index is 13.1. The highest BCUT2D eigenvalue weighted by Crippen LogP contribution is 2.38. The second kappa shape index (κ2) is 8.99. The molecule has 1 aliphatic rings. The summed E-state index contributed by atoms with van der Waals surface area (Å²) in [6.45, 7) is 2.88. The van der Waals surface area contributed by atoms with Gasteiger partial charge in [-0.2, -0.15) is 0 Å². The average molecular weight is 444 g/mol. The normalized spacial score (nSPS) is 13.2. The van der Waals surface area contributed by atoms with Crippen LogP contribution in [0.2, 0.25) is 5.02 Å². The predicted octanol–water partition coefficient (Wildman–Crippen LogP) is 3.30. The largest absolute Gasteiger partial charge is 0.508 e. The van der Waals surface area contributed by atoms with Gasteiger partial charge in [-0.15, -0.1) is 0 Å². The SMILES string of the molecule is Cc1cc(C(=O)N2Cc3ccc(Cl)c(N(C)C(=O)/C=C/CN(C)C)c3C2)c(O)cc1O. The van der Waals surface area contributed by atoms with Crippen LogP contribution in [0.25, 0.3) is 0 Å². The van der Waals surface area contributed by atoms with Crippen LogP contribution >= 0.6 is 11.6 Å². The van der Waals surface area contributed by atoms with Gasteiger partial charge in [0, 0.05) is 44.4 Å². The van der Waals surface area contributed by atoms with E-state index in [2.05, 4.69) is 0 Å². The first-order valence-corrected chi connectivity index (χ1v) is 10.2. The van der Waals surface area contributed by atoms with E-state index < -0.39 is 0 Å². The van der Waals surface area contributed by atoms with E-state index in [1.165, 1.54) is 23.1 Å². The molecule has 0 fully saturated rings. The van der Waals surface area contributed by atoms with Crippen molar-refractivity contribution in [2.24, 2.45) is 0 Å². The molecule has 0 atom stereocenters. The van der Waals surface area contributed by atoms with Gasteiger partial charge in [-0.1, -0.05) is 23.7 Å². The molecule has 0 spiro atoms. The summed E-state index contributed by atoms with van der Waals surface area (Å²) in [5.74, 6) is -0.927. The smallest absolute Gasteiger partial charge is 0.258 e. The first kappa shape index (κ1) is 22.7. The van der Waals surface area contributed by atoms with E-state index in [1.54, 1.807) is 31.0 Å². The molecule has 0 radical (unpaired) electrons. The fourth-order valence-corrected chi connectivity index (χ4v) is 3.85. The van der Waals surface area contributed by atoms with E-state index in [0.29, 0.717) is 29.4 Å². The highest BCUT2D eigenvalue weighted by molar-refractivity contribution is 6.34. The van der Waals surface area contributed by atoms with Crippen LogP contribution in [-0.4, -0.2) is 59.5 Å². The molecule has 0 saturated heterocycles. The Balaban J connectivity index is 1.87. The van der Waals surface area contributed by atoms with Crippen LogP contribution < -0.4 is 4.90 Å². The molecule has 2 N–H and O–H groups in total. The van der Waals surface area contributed by atoms with Gasteiger partial charge in [0.05, 0.1) is 16.3 Å². The minimum absolute atomic E-state index is 0.0738. The van der Waals surface area contributed by atoms with Gasteiger partial charge in [0.2, 0.25) is 5.91 Å². The fraction of sp³-hybridized carbons (Fsp3) is 0.304. The van der Waals surface area contributed by atoms with Crippen LogP contribution in [0.5, 0.6) is 11.5 Å². The predicted molar refractivity (Wildman–Crippen MR) is 121 cm³/mol. The number of phenols is 2. The summed E-state index contributed by atoms with van der Waals surface area (Å²) in [7, 11) is 5.49. The lowest BCUT2D eigenvalue weighted by molar-refractivity contribution is -0.113. The number of fused-ring (bicyclic) bond motifs is 1. The summed E-state index contributed by atoms with van der Waals surface area (Å²) in [6, 6.07) is 6.20. The molecule has 0 bridgehead atoms. The molecule has 1 heterocycles. The summed E-state index contributed by atoms with van der Waals surface area (Å²) < 4.78 is 0. The molecular formula is C23H26ClN3O4. The van der Waals surface area contributed by atoms with Gasteiger partial charge in [-0.3, -0.25) is 9.59 Å². The van der Waals surface area contributed by atoms with Crippen LogP contribution in [-0.2, 0) is 17.9 Å². The molecule has 31 heavy (non-hydrogen) atoms. The van der Waals surface area contributed by atoms with Gasteiger partial charge < -0.3 is 24.9 Å². The lowest BCUT2D eigenvalue weighted by atomic mass is 10.1. The number of amides is 2. The van der Waals surface area contributed by atoms with Crippen molar-refractivity contribution < 1.29 is 19.8 Å². The number of aromatic hydroxyl groups is 2. The summed E-state index contributed by atoms with van der Waals surface area (Å²) in [6.07, 6.45) is 3.28. The van der Waals surface area contributed by atoms with Gasteiger partial charge in [-0.25, -0.2) is 0 Å². The number of phenolic OH excluding ortho intramolecular Hbond substituents is 2. The van der Waals surface area contributed by atoms with Gasteiger partial charge in [0.25, 0.3) is 5.91 Å². The Hall–Kier alpha value is -3.03. The molecule has 0 saturated carbocycles. The third-order valence-corrected chi connectivity index (χ3v) is 5.57. The molecule has 0 aliphatic carbocycles. The lowest BCUT2D eigenvalue weighted by Gasteiger charge is -2.21. The number of halogens is 1. The highest BCUT2D eigenvalue weighted by Gasteiger charge is 2.30. The number of benzene rings is 2. The standard InChI is InChI=1S/C23H26ClN3O4/c1-14-10-16(20(29)11-19(14)28)23(31)27-12-15-7-8-18(24)22(17(15)13-27)26(4)21(30)6-5-9-25(2)3/h5-8,10-11,28-29H,9,12-13H2,1-4H3/b6-5+. The zero-order valence-corrected chi connectivity index (χ0v) is 18.8. The number of aryl methyl sites for hydroxylation is 1. The van der Waals surface area contributed by atoms with Crippen LogP contribution in [0, 0.1) is 6.92 Å². The second-order valence-electron chi connectivity index (χ2n) is 7.91. The Morgan fingerprint density at radius 3 is 2.52 bits per heavy atom. The molecule has 0 unspecified atom stereocenters. The Morgan fingerprint density at radius 1 is 1.13 bits per heavy atom. The van der Waals surface area contributed by atoms with Crippen molar-refractivity contribution >= 4 is 29.1 Å². The third kappa shape index (κ3) is 4.68. The van der Waals surface area contributed by atoms with E-state index in [4.69, 9.17) is 11.6 Å². The van der Waals surface area contributed by atoms with Gasteiger partial charge in [0.1, 0.15) is 11.5 Å². The molecule has 3 rings (SSSR count). The quantitative estimate of drug-likeness (QED) is 0.693. The van der Waals surface area contributed by atoms with Crippen LogP contribution in [0.15, 0.2) is 36.4 Å². The number of hydrogen-bond acceptors (Lipinski definition) is 5. The minimum Gasteiger partial charge on any atom is -0.508 e. The van der Waals surface area contributed by atoms with Crippen LogP contribution in [0.1, 0.15) is 27.0 Å². The van der Waals surface area contributed by atoms with Crippen molar-refractivity contribution in [1.82, 2.24) is 9.80 Å². The van der Waals surface area contributed by atoms with Gasteiger partial charge in [0.15, 0.2) is 0 Å². The summed E-state index contributed by atoms with van der Waals surface area (Å²) >= 11 is 6.44. The summed E-state index contributed by atoms with van der Waals surface area (Å²) in [5.41, 5.74) is 2.87. The monoisotopic (exact) mass is 443 g/mol. The fourth-order valence-electron chi connectivity index (χ4n) is 3.55. The van der Waals surface area contributed by atoms with Gasteiger partial charge in [-0.05, 0) is 44.3 Å². The van der Waals surface area contributed by atoms with E-state index >= 15 is 0 Å². The average Bonchev–Trinajstić information content (AvgIpc) is 3.13. The number of carbonyl (C=O) groups excluding carboxylic acids is 2. The van der Waals surface area contributed by atoms with Crippen molar-refractivity contribution in [2.45, 2.75) is 20.0 Å². The lowest BCUT2D eigenvalue weighted by Crippen LogP contribution is -2.27. The first-order valence-electron chi connectivity index (χ1n) is 9.81. The zero-order valence-electron chi connectivity index (χ0n) is 18.0. The van der Waals surface area contributed by atoms with Crippen LogP contribution in [0.4, 0.5) is 5.69 Å². The number of anilines is 1. The second-order valence-corrected chi connectivity index (χ2v) is 8.32. The zero-order chi connectivity index (χ0) is 22.9. The van der Waals surface area contributed by atoms with Crippen molar-refractivity contribution in [3.05, 3.63) is 63.7 Å². The van der Waals surface area contributed by atoms with Crippen molar-refractivity contribution in [1.29, 1.82) is 0 Å². The maximum Gasteiger partial charge on any atom is 0.258 e. The third-order valence-electron chi connectivity index (χ3n) is 5.27. The highest BCUT2D eigenvalue weighted by atomic mass is 35.5. The van der Waals surface area contributed by atoms with Crippen molar-refractivity contribution in [3.63, 3.8) is 0 Å². The minimum atomic E-state index is -0.362. The van der Waals surface area contributed by atoms with Gasteiger partial charge >= 0.3 is 0 Å². The van der Waals surface area contributed by atoms with Crippen molar-refractivity contribution in [3.8, 4) is 11.5 Å². The molecular weight excluding hydrogens is 418 g/mol. The van der Waals surface area contributed by atoms with Crippen LogP contribution in [0.3, 0.4) is 0 Å². The van der Waals surface area contributed by atoms with E-state index in [-0.39, 0.29) is 35.4 Å². The number of carbonyl (C=O) groups is 2. The van der Waals surface area contributed by atoms with Crippen molar-refractivity contribution in [2.75, 3.05) is 32.6 Å². The summed E-state index contributed by atoms with van der Waals surface area (Å²) in [5, 5.41) is 20.3. The first-order chi connectivity index (χ1) is 14.6. The molecule has 7 nitrogen and oxygen atoms in total. The molecule has 0 aromatic heterocycles. The topological polar surface area (TPSA) is 84.3 Å². The Morgan fingerprint density at radius 2 is 1.84 bits per heavy atom.